The maximum atomic E-state index is 14.0. The van der Waals surface area contributed by atoms with Gasteiger partial charge in [-0.25, -0.2) is 18.2 Å². The normalized spacial score (nSPS) is 26.5. The Kier molecular flexibility index (Phi) is 17.7. The molecule has 0 aliphatic carbocycles. The van der Waals surface area contributed by atoms with Gasteiger partial charge in [-0.1, -0.05) is 64.5 Å². The summed E-state index contributed by atoms with van der Waals surface area (Å²) in [6.07, 6.45) is 7.40. The van der Waals surface area contributed by atoms with Crippen molar-refractivity contribution < 1.29 is 54.8 Å². The zero-order valence-corrected chi connectivity index (χ0v) is 33.1. The molecule has 1 unspecified atom stereocenters. The van der Waals surface area contributed by atoms with Crippen LogP contribution >= 0.6 is 0 Å². The van der Waals surface area contributed by atoms with E-state index in [4.69, 9.17) is 13.7 Å². The molecule has 1 aromatic rings. The Morgan fingerprint density at radius 3 is 2.34 bits per heavy atom. The number of rotatable bonds is 7. The van der Waals surface area contributed by atoms with E-state index in [1.165, 1.54) is 12.2 Å². The number of nitrogens with zero attached hydrogens (tertiary/aromatic N) is 3. The molecule has 16 nitrogen and oxygen atoms in total. The molecule has 298 valence electrons. The van der Waals surface area contributed by atoms with Crippen LogP contribution in [0, 0.1) is 11.8 Å². The van der Waals surface area contributed by atoms with E-state index in [-0.39, 0.29) is 73.8 Å². The van der Waals surface area contributed by atoms with Gasteiger partial charge in [0.1, 0.15) is 24.2 Å². The SMILES string of the molecule is CCN(CC)CCS(=O)(=O)[C@@H]1CCN2C(=O)c3coc(n3)CC(=O)C[C@H](O)/C=C(C)/C=C/CNC(=O)/C=C/[C@@H](C)C(C(C)C)OC(=O)[C@@H]12.CS(=O)(=O)O. The van der Waals surface area contributed by atoms with Gasteiger partial charge in [-0.3, -0.25) is 18.9 Å². The predicted molar refractivity (Wildman–Crippen MR) is 197 cm³/mol. The molecule has 0 aromatic carbocycles. The van der Waals surface area contributed by atoms with Crippen LogP contribution < -0.4 is 5.32 Å². The van der Waals surface area contributed by atoms with Crippen molar-refractivity contribution >= 4 is 43.5 Å². The number of amides is 2. The minimum Gasteiger partial charge on any atom is -0.460 e. The highest BCUT2D eigenvalue weighted by Crippen LogP contribution is 2.30. The Morgan fingerprint density at radius 2 is 1.74 bits per heavy atom. The number of carbonyl (C=O) groups excluding carboxylic acids is 4. The number of hydrogen-bond donors (Lipinski definition) is 3. The van der Waals surface area contributed by atoms with Crippen LogP contribution in [-0.2, 0) is 45.5 Å². The van der Waals surface area contributed by atoms with Crippen LogP contribution in [0.15, 0.2) is 46.6 Å². The quantitative estimate of drug-likeness (QED) is 0.264. The molecule has 2 amide bonds. The number of nitrogens with one attached hydrogen (secondary N) is 1. The maximum Gasteiger partial charge on any atom is 0.330 e. The first kappa shape index (κ1) is 45.4. The second-order valence-corrected chi connectivity index (χ2v) is 17.2. The average Bonchev–Trinajstić information content (AvgIpc) is 3.71. The number of Topliss-reactive ketones (excluding diaryl/α,β-unsaturated/α-hetero) is 1. The van der Waals surface area contributed by atoms with Gasteiger partial charge in [0, 0.05) is 32.0 Å². The molecule has 1 aromatic heterocycles. The lowest BCUT2D eigenvalue weighted by Gasteiger charge is -2.31. The number of sulfone groups is 1. The number of fused-ring (bicyclic) bond motifs is 3. The van der Waals surface area contributed by atoms with E-state index in [0.717, 1.165) is 11.2 Å². The molecule has 2 bridgehead atoms. The van der Waals surface area contributed by atoms with E-state index < -0.39 is 61.2 Å². The van der Waals surface area contributed by atoms with Gasteiger partial charge in [-0.05, 0) is 38.4 Å². The molecule has 1 saturated heterocycles. The summed E-state index contributed by atoms with van der Waals surface area (Å²) < 4.78 is 64.8. The molecule has 0 spiro atoms. The number of oxazole rings is 1. The lowest BCUT2D eigenvalue weighted by molar-refractivity contribution is -0.157. The number of hydrogen-bond acceptors (Lipinski definition) is 13. The number of carbonyl (C=O) groups is 4. The van der Waals surface area contributed by atoms with E-state index >= 15 is 0 Å². The third kappa shape index (κ3) is 15.3. The van der Waals surface area contributed by atoms with Gasteiger partial charge >= 0.3 is 5.97 Å². The van der Waals surface area contributed by atoms with E-state index in [0.29, 0.717) is 24.9 Å². The summed E-state index contributed by atoms with van der Waals surface area (Å²) in [6, 6.07) is -1.44. The molecular formula is C35H54N4O12S2. The van der Waals surface area contributed by atoms with Crippen molar-refractivity contribution in [2.45, 2.75) is 84.3 Å². The lowest BCUT2D eigenvalue weighted by atomic mass is 9.94. The number of allylic oxidation sites excluding steroid dienone is 2. The zero-order chi connectivity index (χ0) is 40.1. The molecule has 1 fully saturated rings. The summed E-state index contributed by atoms with van der Waals surface area (Å²) in [5, 5.41) is 11.9. The highest BCUT2D eigenvalue weighted by molar-refractivity contribution is 7.92. The van der Waals surface area contributed by atoms with Crippen LogP contribution in [-0.4, -0.2) is 133 Å². The van der Waals surface area contributed by atoms with Crippen LogP contribution in [0.4, 0.5) is 0 Å². The van der Waals surface area contributed by atoms with Crippen LogP contribution in [0.3, 0.4) is 0 Å². The molecule has 5 atom stereocenters. The highest BCUT2D eigenvalue weighted by atomic mass is 32.2. The number of aliphatic hydroxyl groups is 1. The lowest BCUT2D eigenvalue weighted by Crippen LogP contribution is -2.50. The zero-order valence-electron chi connectivity index (χ0n) is 31.4. The molecule has 3 rings (SSSR count). The molecule has 0 saturated carbocycles. The van der Waals surface area contributed by atoms with Crippen molar-refractivity contribution in [2.24, 2.45) is 11.8 Å². The van der Waals surface area contributed by atoms with Crippen molar-refractivity contribution in [1.29, 1.82) is 0 Å². The Labute approximate surface area is 312 Å². The van der Waals surface area contributed by atoms with Crippen LogP contribution in [0.1, 0.15) is 70.8 Å². The Hall–Kier alpha value is -3.71. The molecule has 3 heterocycles. The van der Waals surface area contributed by atoms with Crippen molar-refractivity contribution in [3.63, 3.8) is 0 Å². The van der Waals surface area contributed by atoms with Crippen LogP contribution in [0.25, 0.3) is 0 Å². The minimum atomic E-state index is -3.87. The highest BCUT2D eigenvalue weighted by Gasteiger charge is 2.50. The largest absolute Gasteiger partial charge is 0.460 e. The fourth-order valence-corrected chi connectivity index (χ4v) is 7.92. The number of ketones is 1. The van der Waals surface area contributed by atoms with Gasteiger partial charge in [0.15, 0.2) is 15.5 Å². The van der Waals surface area contributed by atoms with Gasteiger partial charge in [0.2, 0.25) is 11.8 Å². The number of ether oxygens (including phenoxy) is 1. The van der Waals surface area contributed by atoms with Gasteiger partial charge in [0.25, 0.3) is 16.0 Å². The summed E-state index contributed by atoms with van der Waals surface area (Å²) in [4.78, 5) is 60.3. The maximum absolute atomic E-state index is 14.0. The van der Waals surface area contributed by atoms with E-state index in [1.54, 1.807) is 32.1 Å². The van der Waals surface area contributed by atoms with Gasteiger partial charge in [0.05, 0.1) is 29.8 Å². The molecule has 0 radical (unpaired) electrons. The molecule has 53 heavy (non-hydrogen) atoms. The Balaban J connectivity index is 0.00000181. The summed E-state index contributed by atoms with van der Waals surface area (Å²) in [7, 11) is -7.54. The predicted octanol–water partition coefficient (Wildman–Crippen LogP) is 1.77. The van der Waals surface area contributed by atoms with E-state index in [9.17, 15) is 41.1 Å². The van der Waals surface area contributed by atoms with E-state index in [1.807, 2.05) is 32.6 Å². The topological polar surface area (TPSA) is 231 Å². The first-order chi connectivity index (χ1) is 24.7. The van der Waals surface area contributed by atoms with Crippen LogP contribution in [0.2, 0.25) is 0 Å². The molecular weight excluding hydrogens is 733 g/mol. The van der Waals surface area contributed by atoms with Crippen molar-refractivity contribution in [1.82, 2.24) is 20.1 Å². The summed E-state index contributed by atoms with van der Waals surface area (Å²) in [6.45, 7) is 12.9. The average molecular weight is 787 g/mol. The van der Waals surface area contributed by atoms with Crippen molar-refractivity contribution in [3.05, 3.63) is 53.8 Å². The second kappa shape index (κ2) is 20.7. The molecule has 18 heteroatoms. The minimum absolute atomic E-state index is 0.0243. The fraction of sp³-hybridized carbons (Fsp3) is 0.629. The standard InChI is InChI=1S/C34H50N4O9S.CH4O3S/c1-7-37(8-2)16-17-48(44,45)28-13-15-38-31(28)34(43)47-32(22(3)4)24(6)11-12-29(41)35-14-9-10-23(5)18-25(39)19-26(40)20-30-36-27(21-46-30)33(38)42;1-5(2,3)4/h9-12,18,21-22,24-25,28,31-32,39H,7-8,13-17,19-20H2,1-6H3,(H,35,41);1H3,(H,2,3,4)/b10-9+,12-11+,23-18+;/t24-,25-,28-,31-,32?;/m1./s1. The number of aromatic nitrogens is 1. The van der Waals surface area contributed by atoms with Gasteiger partial charge in [-0.2, -0.15) is 8.42 Å². The monoisotopic (exact) mass is 786 g/mol. The van der Waals surface area contributed by atoms with E-state index in [2.05, 4.69) is 10.3 Å². The number of cyclic esters (lactones) is 1. The van der Waals surface area contributed by atoms with Gasteiger partial charge < -0.3 is 29.4 Å². The van der Waals surface area contributed by atoms with Crippen LogP contribution in [0.5, 0.6) is 0 Å². The van der Waals surface area contributed by atoms with Crippen molar-refractivity contribution in [2.75, 3.05) is 44.7 Å². The Morgan fingerprint density at radius 1 is 1.09 bits per heavy atom. The van der Waals surface area contributed by atoms with Gasteiger partial charge in [-0.15, -0.1) is 0 Å². The summed E-state index contributed by atoms with van der Waals surface area (Å²) in [5.74, 6) is -3.23. The summed E-state index contributed by atoms with van der Waals surface area (Å²) in [5.41, 5.74) is 0.505. The second-order valence-electron chi connectivity index (χ2n) is 13.4. The third-order valence-electron chi connectivity index (χ3n) is 8.66. The smallest absolute Gasteiger partial charge is 0.330 e. The Bertz CT molecular complexity index is 1720. The number of esters is 1. The number of aliphatic hydroxyl groups excluding tert-OH is 1. The third-order valence-corrected chi connectivity index (χ3v) is 10.8. The first-order valence-corrected chi connectivity index (χ1v) is 21.1. The summed E-state index contributed by atoms with van der Waals surface area (Å²) >= 11 is 0. The van der Waals surface area contributed by atoms with Crippen molar-refractivity contribution in [3.8, 4) is 0 Å². The first-order valence-electron chi connectivity index (χ1n) is 17.5. The molecule has 2 aliphatic heterocycles. The molecule has 3 N–H and O–H groups in total. The fourth-order valence-electron chi connectivity index (χ4n) is 5.99. The molecule has 2 aliphatic rings.